The van der Waals surface area contributed by atoms with Crippen molar-refractivity contribution < 1.29 is 14.7 Å². The molecule has 0 saturated heterocycles. The molecule has 0 amide bonds. The summed E-state index contributed by atoms with van der Waals surface area (Å²) in [5.74, 6) is -1.37. The van der Waals surface area contributed by atoms with Gasteiger partial charge in [0.1, 0.15) is 0 Å². The van der Waals surface area contributed by atoms with E-state index in [-0.39, 0.29) is 5.91 Å². The van der Waals surface area contributed by atoms with E-state index in [4.69, 9.17) is 5.11 Å². The molecule has 0 radical (unpaired) electrons. The predicted octanol–water partition coefficient (Wildman–Crippen LogP) is 0.651. The Labute approximate surface area is 86.7 Å². The van der Waals surface area contributed by atoms with E-state index in [1.165, 1.54) is 11.6 Å². The average molecular weight is 208 g/mol. The van der Waals surface area contributed by atoms with E-state index in [0.29, 0.717) is 12.8 Å². The zero-order valence-electron chi connectivity index (χ0n) is 8.65. The lowest BCUT2D eigenvalue weighted by Crippen LogP contribution is -2.17. The summed E-state index contributed by atoms with van der Waals surface area (Å²) in [6.45, 7) is 3.24. The number of carboxylic acid groups (broad SMARTS) is 1. The van der Waals surface area contributed by atoms with Crippen molar-refractivity contribution in [3.8, 4) is 0 Å². The van der Waals surface area contributed by atoms with Gasteiger partial charge in [0.15, 0.2) is 0 Å². The van der Waals surface area contributed by atoms with Crippen molar-refractivity contribution >= 4 is 11.9 Å². The van der Waals surface area contributed by atoms with Crippen LogP contribution in [-0.2, 0) is 17.6 Å². The van der Waals surface area contributed by atoms with E-state index >= 15 is 0 Å². The second kappa shape index (κ2) is 3.18. The number of carbonyl (C=O) groups is 2. The molecule has 0 spiro atoms. The molecule has 1 heterocycles. The highest BCUT2D eigenvalue weighted by Gasteiger charge is 2.32. The van der Waals surface area contributed by atoms with Gasteiger partial charge in [0.25, 0.3) is 0 Å². The topological polar surface area (TPSA) is 72.2 Å². The minimum Gasteiger partial charge on any atom is -0.481 e. The molecule has 0 aliphatic heterocycles. The fourth-order valence-corrected chi connectivity index (χ4v) is 2.07. The van der Waals surface area contributed by atoms with Crippen molar-refractivity contribution in [2.75, 3.05) is 0 Å². The first kappa shape index (κ1) is 9.89. The van der Waals surface area contributed by atoms with Crippen LogP contribution in [0, 0.1) is 12.8 Å². The van der Waals surface area contributed by atoms with E-state index in [9.17, 15) is 9.59 Å². The number of rotatable bonds is 1. The molecule has 1 aromatic rings. The van der Waals surface area contributed by atoms with Gasteiger partial charge in [-0.1, -0.05) is 0 Å². The Morgan fingerprint density at radius 3 is 2.67 bits per heavy atom. The van der Waals surface area contributed by atoms with E-state index in [1.807, 2.05) is 6.92 Å². The minimum absolute atomic E-state index is 0.162. The van der Waals surface area contributed by atoms with Crippen LogP contribution in [0.4, 0.5) is 0 Å². The molecule has 80 valence electrons. The number of carboxylic acids is 1. The molecule has 1 unspecified atom stereocenters. The number of fused-ring (bicyclic) bond motifs is 1. The van der Waals surface area contributed by atoms with Crippen molar-refractivity contribution in [2.24, 2.45) is 5.92 Å². The number of hydrogen-bond acceptors (Lipinski definition) is 3. The summed E-state index contributed by atoms with van der Waals surface area (Å²) in [7, 11) is 0. The lowest BCUT2D eigenvalue weighted by molar-refractivity contribution is -0.141. The second-order valence-corrected chi connectivity index (χ2v) is 3.88. The Kier molecular flexibility index (Phi) is 2.10. The minimum atomic E-state index is -0.805. The largest absolute Gasteiger partial charge is 0.481 e. The van der Waals surface area contributed by atoms with Gasteiger partial charge in [0.05, 0.1) is 17.3 Å². The molecule has 1 aromatic heterocycles. The fourth-order valence-electron chi connectivity index (χ4n) is 2.07. The van der Waals surface area contributed by atoms with Crippen LogP contribution in [0.1, 0.15) is 28.7 Å². The third-order valence-electron chi connectivity index (χ3n) is 2.83. The van der Waals surface area contributed by atoms with Gasteiger partial charge >= 0.3 is 5.97 Å². The summed E-state index contributed by atoms with van der Waals surface area (Å²) >= 11 is 0. The highest BCUT2D eigenvalue weighted by molar-refractivity contribution is 5.78. The Morgan fingerprint density at radius 1 is 1.47 bits per heavy atom. The molecule has 1 atom stereocenters. The Morgan fingerprint density at radius 2 is 2.13 bits per heavy atom. The van der Waals surface area contributed by atoms with Crippen LogP contribution < -0.4 is 0 Å². The number of hydrogen-bond donors (Lipinski definition) is 1. The van der Waals surface area contributed by atoms with Crippen LogP contribution in [0.2, 0.25) is 0 Å². The number of carbonyl (C=O) groups excluding carboxylic acids is 1. The molecular formula is C10H12N2O3. The van der Waals surface area contributed by atoms with E-state index < -0.39 is 11.9 Å². The molecule has 0 saturated carbocycles. The second-order valence-electron chi connectivity index (χ2n) is 3.88. The Balaban J connectivity index is 2.42. The standard InChI is InChI=1S/C10H12N2O3/c1-5-8-3-7(10(14)15)4-9(8)12(11-5)6(2)13/h7H,3-4H2,1-2H3,(H,14,15). The van der Waals surface area contributed by atoms with Crippen LogP contribution >= 0.6 is 0 Å². The van der Waals surface area contributed by atoms with Crippen LogP contribution in [0.3, 0.4) is 0 Å². The van der Waals surface area contributed by atoms with Crippen LogP contribution in [-0.4, -0.2) is 26.8 Å². The van der Waals surface area contributed by atoms with Crippen LogP contribution in [0.5, 0.6) is 0 Å². The third kappa shape index (κ3) is 1.44. The lowest BCUT2D eigenvalue weighted by atomic mass is 10.1. The average Bonchev–Trinajstić information content (AvgIpc) is 2.66. The molecule has 0 bridgehead atoms. The summed E-state index contributed by atoms with van der Waals surface area (Å²) in [5.41, 5.74) is 2.47. The van der Waals surface area contributed by atoms with Gasteiger partial charge in [-0.3, -0.25) is 9.59 Å². The molecule has 1 aliphatic rings. The fraction of sp³-hybridized carbons (Fsp3) is 0.500. The maximum absolute atomic E-state index is 11.2. The first-order valence-corrected chi connectivity index (χ1v) is 4.81. The normalized spacial score (nSPS) is 18.9. The van der Waals surface area contributed by atoms with Crippen molar-refractivity contribution in [3.05, 3.63) is 17.0 Å². The van der Waals surface area contributed by atoms with E-state index in [2.05, 4.69) is 5.10 Å². The van der Waals surface area contributed by atoms with Gasteiger partial charge in [0, 0.05) is 13.3 Å². The van der Waals surface area contributed by atoms with Gasteiger partial charge in [-0.05, 0) is 18.9 Å². The van der Waals surface area contributed by atoms with Crippen molar-refractivity contribution in [2.45, 2.75) is 26.7 Å². The maximum Gasteiger partial charge on any atom is 0.307 e. The monoisotopic (exact) mass is 208 g/mol. The van der Waals surface area contributed by atoms with E-state index in [1.54, 1.807) is 0 Å². The summed E-state index contributed by atoms with van der Waals surface area (Å²) < 4.78 is 1.33. The van der Waals surface area contributed by atoms with Gasteiger partial charge in [-0.15, -0.1) is 0 Å². The maximum atomic E-state index is 11.2. The van der Waals surface area contributed by atoms with Gasteiger partial charge in [-0.2, -0.15) is 5.10 Å². The van der Waals surface area contributed by atoms with Crippen LogP contribution in [0.15, 0.2) is 0 Å². The van der Waals surface area contributed by atoms with Crippen molar-refractivity contribution in [1.29, 1.82) is 0 Å². The van der Waals surface area contributed by atoms with Crippen molar-refractivity contribution in [3.63, 3.8) is 0 Å². The molecule has 5 nitrogen and oxygen atoms in total. The number of aromatic nitrogens is 2. The summed E-state index contributed by atoms with van der Waals surface area (Å²) in [4.78, 5) is 22.1. The number of aryl methyl sites for hydroxylation is 1. The lowest BCUT2D eigenvalue weighted by Gasteiger charge is -2.03. The molecule has 1 aliphatic carbocycles. The Hall–Kier alpha value is -1.65. The van der Waals surface area contributed by atoms with Crippen molar-refractivity contribution in [1.82, 2.24) is 9.78 Å². The van der Waals surface area contributed by atoms with Crippen LogP contribution in [0.25, 0.3) is 0 Å². The molecule has 0 fully saturated rings. The summed E-state index contributed by atoms with van der Waals surface area (Å²) in [6.07, 6.45) is 0.898. The molecule has 5 heteroatoms. The molecule has 15 heavy (non-hydrogen) atoms. The zero-order chi connectivity index (χ0) is 11.2. The quantitative estimate of drug-likeness (QED) is 0.735. The molecule has 0 aromatic carbocycles. The number of nitrogens with zero attached hydrogens (tertiary/aromatic N) is 2. The predicted molar refractivity (Wildman–Crippen MR) is 51.8 cm³/mol. The third-order valence-corrected chi connectivity index (χ3v) is 2.83. The molecule has 2 rings (SSSR count). The summed E-state index contributed by atoms with van der Waals surface area (Å²) in [6, 6.07) is 0. The molecule has 1 N–H and O–H groups in total. The highest BCUT2D eigenvalue weighted by atomic mass is 16.4. The first-order valence-electron chi connectivity index (χ1n) is 4.81. The number of aliphatic carboxylic acids is 1. The first-order chi connectivity index (χ1) is 7.00. The Bertz CT molecular complexity index is 448. The highest BCUT2D eigenvalue weighted by Crippen LogP contribution is 2.29. The smallest absolute Gasteiger partial charge is 0.307 e. The van der Waals surface area contributed by atoms with Gasteiger partial charge < -0.3 is 5.11 Å². The van der Waals surface area contributed by atoms with E-state index in [0.717, 1.165) is 17.0 Å². The SMILES string of the molecule is CC(=O)n1nc(C)c2c1CC(C(=O)O)C2. The summed E-state index contributed by atoms with van der Waals surface area (Å²) in [5, 5.41) is 13.0. The zero-order valence-corrected chi connectivity index (χ0v) is 8.65. The van der Waals surface area contributed by atoms with Gasteiger partial charge in [0.2, 0.25) is 5.91 Å². The van der Waals surface area contributed by atoms with Gasteiger partial charge in [-0.25, -0.2) is 4.68 Å². The molecular weight excluding hydrogens is 196 g/mol.